The molecule has 9 nitrogen and oxygen atoms in total. The highest BCUT2D eigenvalue weighted by molar-refractivity contribution is 5.97. The zero-order chi connectivity index (χ0) is 22.6. The first-order valence-corrected chi connectivity index (χ1v) is 11.3. The molecule has 0 aromatic carbocycles. The van der Waals surface area contributed by atoms with Gasteiger partial charge in [0.25, 0.3) is 5.91 Å². The Morgan fingerprint density at radius 3 is 2.55 bits per heavy atom. The molecule has 0 spiro atoms. The molecule has 174 valence electrons. The van der Waals surface area contributed by atoms with Gasteiger partial charge in [-0.15, -0.1) is 0 Å². The Labute approximate surface area is 185 Å². The van der Waals surface area contributed by atoms with E-state index >= 15 is 0 Å². The van der Waals surface area contributed by atoms with Crippen molar-refractivity contribution in [2.24, 2.45) is 11.1 Å². The number of carbonyl (C=O) groups excluding carboxylic acids is 2. The number of amides is 2. The summed E-state index contributed by atoms with van der Waals surface area (Å²) in [6, 6.07) is -0.759. The highest BCUT2D eigenvalue weighted by atomic mass is 16.5. The number of aromatic nitrogens is 2. The lowest BCUT2D eigenvalue weighted by Crippen LogP contribution is -2.52. The number of nitrogens with two attached hydrogens (primary N) is 1. The topological polar surface area (TPSA) is 106 Å². The predicted molar refractivity (Wildman–Crippen MR) is 119 cm³/mol. The molecule has 1 aromatic heterocycles. The number of fused-ring (bicyclic) bond motifs is 1. The molecule has 0 aliphatic carbocycles. The maximum Gasteiger partial charge on any atom is 0.272 e. The Kier molecular flexibility index (Phi) is 7.72. The molecular formula is C22H38N6O3. The number of morpholine rings is 1. The van der Waals surface area contributed by atoms with E-state index in [4.69, 9.17) is 15.5 Å². The maximum atomic E-state index is 13.2. The van der Waals surface area contributed by atoms with Crippen LogP contribution in [0.25, 0.3) is 0 Å². The first kappa shape index (κ1) is 23.7. The molecule has 9 heteroatoms. The van der Waals surface area contributed by atoms with Crippen molar-refractivity contribution in [2.45, 2.75) is 59.2 Å². The van der Waals surface area contributed by atoms with Gasteiger partial charge in [0.2, 0.25) is 5.91 Å². The van der Waals surface area contributed by atoms with Crippen molar-refractivity contribution in [3.8, 4) is 0 Å². The summed E-state index contributed by atoms with van der Waals surface area (Å²) in [4.78, 5) is 34.6. The van der Waals surface area contributed by atoms with Gasteiger partial charge < -0.3 is 25.3 Å². The Morgan fingerprint density at radius 1 is 1.19 bits per heavy atom. The van der Waals surface area contributed by atoms with Crippen LogP contribution in [-0.4, -0.2) is 83.6 Å². The van der Waals surface area contributed by atoms with Gasteiger partial charge in [-0.2, -0.15) is 0 Å². The maximum absolute atomic E-state index is 13.2. The van der Waals surface area contributed by atoms with Crippen LogP contribution in [0.3, 0.4) is 0 Å². The fourth-order valence-electron chi connectivity index (χ4n) is 4.37. The van der Waals surface area contributed by atoms with Crippen molar-refractivity contribution < 1.29 is 14.3 Å². The van der Waals surface area contributed by atoms with Crippen molar-refractivity contribution in [1.29, 1.82) is 0 Å². The lowest BCUT2D eigenvalue weighted by molar-refractivity contribution is -0.122. The number of aryl methyl sites for hydroxylation is 1. The molecule has 3 N–H and O–H groups in total. The molecule has 1 saturated heterocycles. The minimum Gasteiger partial charge on any atom is -0.379 e. The predicted octanol–water partition coefficient (Wildman–Crippen LogP) is 0.613. The van der Waals surface area contributed by atoms with Crippen LogP contribution in [-0.2, 0) is 29.0 Å². The number of nitrogens with zero attached hydrogens (tertiary/aromatic N) is 4. The van der Waals surface area contributed by atoms with Gasteiger partial charge in [-0.3, -0.25) is 14.5 Å². The molecule has 1 unspecified atom stereocenters. The summed E-state index contributed by atoms with van der Waals surface area (Å²) in [5.74, 6) is 0.0984. The third-order valence-electron chi connectivity index (χ3n) is 6.11. The number of carbonyl (C=O) groups is 2. The quantitative estimate of drug-likeness (QED) is 0.652. The molecule has 2 aliphatic rings. The third kappa shape index (κ3) is 6.05. The molecule has 0 radical (unpaired) electrons. The molecule has 0 saturated carbocycles. The zero-order valence-corrected chi connectivity index (χ0v) is 19.4. The number of hydrogen-bond donors (Lipinski definition) is 2. The number of nitrogens with one attached hydrogen (secondary N) is 1. The Morgan fingerprint density at radius 2 is 1.90 bits per heavy atom. The smallest absolute Gasteiger partial charge is 0.272 e. The van der Waals surface area contributed by atoms with E-state index in [-0.39, 0.29) is 5.91 Å². The van der Waals surface area contributed by atoms with Crippen LogP contribution in [0.5, 0.6) is 0 Å². The summed E-state index contributed by atoms with van der Waals surface area (Å²) in [7, 11) is 2.06. The normalized spacial score (nSPS) is 19.5. The van der Waals surface area contributed by atoms with Gasteiger partial charge in [0.15, 0.2) is 5.69 Å². The Bertz CT molecular complexity index is 779. The number of hydrogen-bond acceptors (Lipinski definition) is 6. The minimum absolute atomic E-state index is 0.322. The third-order valence-corrected chi connectivity index (χ3v) is 6.11. The molecule has 1 atom stereocenters. The van der Waals surface area contributed by atoms with Gasteiger partial charge in [0.1, 0.15) is 11.9 Å². The van der Waals surface area contributed by atoms with E-state index in [9.17, 15) is 9.59 Å². The molecular weight excluding hydrogens is 396 g/mol. The van der Waals surface area contributed by atoms with Crippen LogP contribution in [0.15, 0.2) is 0 Å². The first-order chi connectivity index (χ1) is 14.7. The number of rotatable bonds is 7. The summed E-state index contributed by atoms with van der Waals surface area (Å²) >= 11 is 0. The van der Waals surface area contributed by atoms with E-state index in [1.807, 2.05) is 20.8 Å². The fraction of sp³-hybridized carbons (Fsp3) is 0.773. The van der Waals surface area contributed by atoms with E-state index in [0.29, 0.717) is 12.2 Å². The van der Waals surface area contributed by atoms with E-state index in [1.54, 1.807) is 0 Å². The molecule has 2 aliphatic heterocycles. The Balaban J connectivity index is 1.78. The van der Waals surface area contributed by atoms with Crippen LogP contribution in [0.1, 0.15) is 55.6 Å². The van der Waals surface area contributed by atoms with Crippen LogP contribution in [0.4, 0.5) is 0 Å². The molecule has 2 amide bonds. The van der Waals surface area contributed by atoms with Gasteiger partial charge in [-0.05, 0) is 38.4 Å². The van der Waals surface area contributed by atoms with E-state index in [0.717, 1.165) is 76.7 Å². The summed E-state index contributed by atoms with van der Waals surface area (Å²) < 4.78 is 7.64. The van der Waals surface area contributed by atoms with E-state index in [1.165, 1.54) is 0 Å². The lowest BCUT2D eigenvalue weighted by atomic mass is 9.86. The van der Waals surface area contributed by atoms with Crippen molar-refractivity contribution in [3.05, 3.63) is 17.2 Å². The highest BCUT2D eigenvalue weighted by Crippen LogP contribution is 2.22. The van der Waals surface area contributed by atoms with Gasteiger partial charge in [0, 0.05) is 32.6 Å². The largest absolute Gasteiger partial charge is 0.379 e. The fourth-order valence-corrected chi connectivity index (χ4v) is 4.37. The lowest BCUT2D eigenvalue weighted by Gasteiger charge is -2.28. The van der Waals surface area contributed by atoms with Crippen LogP contribution in [0.2, 0.25) is 0 Å². The van der Waals surface area contributed by atoms with Crippen LogP contribution >= 0.6 is 0 Å². The van der Waals surface area contributed by atoms with Crippen LogP contribution < -0.4 is 11.1 Å². The number of ether oxygens (including phenoxy) is 1. The molecule has 31 heavy (non-hydrogen) atoms. The van der Waals surface area contributed by atoms with E-state index in [2.05, 4.69) is 26.7 Å². The van der Waals surface area contributed by atoms with Crippen molar-refractivity contribution in [3.63, 3.8) is 0 Å². The second kappa shape index (κ2) is 10.1. The SMILES string of the molecule is CN1CCCn2c(CCCN3CCOCC3)nc(C(=O)NC(C(N)=O)C(C)(C)C)c2C1. The minimum atomic E-state index is -0.759. The molecule has 0 bridgehead atoms. The average Bonchev–Trinajstić information content (AvgIpc) is 2.90. The standard InChI is InChI=1S/C22H38N6O3/c1-22(2,3)19(20(23)29)25-21(30)18-16-15-26(4)8-6-10-28(16)17(24-18)7-5-9-27-11-13-31-14-12-27/h19H,5-15H2,1-4H3,(H2,23,29)(H,25,30). The molecule has 1 fully saturated rings. The van der Waals surface area contributed by atoms with Gasteiger partial charge in [0.05, 0.1) is 18.9 Å². The van der Waals surface area contributed by atoms with Crippen molar-refractivity contribution in [1.82, 2.24) is 24.7 Å². The zero-order valence-electron chi connectivity index (χ0n) is 19.4. The molecule has 1 aromatic rings. The summed E-state index contributed by atoms with van der Waals surface area (Å²) in [6.45, 7) is 12.7. The van der Waals surface area contributed by atoms with Gasteiger partial charge in [-0.1, -0.05) is 20.8 Å². The second-order valence-electron chi connectivity index (χ2n) is 9.80. The highest BCUT2D eigenvalue weighted by Gasteiger charge is 2.33. The van der Waals surface area contributed by atoms with Gasteiger partial charge in [-0.25, -0.2) is 4.98 Å². The second-order valence-corrected chi connectivity index (χ2v) is 9.80. The summed E-state index contributed by atoms with van der Waals surface area (Å²) in [5, 5.41) is 2.85. The summed E-state index contributed by atoms with van der Waals surface area (Å²) in [5.41, 5.74) is 6.45. The Hall–Kier alpha value is -1.97. The average molecular weight is 435 g/mol. The van der Waals surface area contributed by atoms with Crippen molar-refractivity contribution in [2.75, 3.05) is 46.4 Å². The van der Waals surface area contributed by atoms with Crippen LogP contribution in [0, 0.1) is 5.41 Å². The van der Waals surface area contributed by atoms with E-state index < -0.39 is 17.4 Å². The van der Waals surface area contributed by atoms with Gasteiger partial charge >= 0.3 is 0 Å². The first-order valence-electron chi connectivity index (χ1n) is 11.3. The molecule has 3 heterocycles. The molecule has 3 rings (SSSR count). The monoisotopic (exact) mass is 434 g/mol. The number of imidazole rings is 1. The van der Waals surface area contributed by atoms with Crippen molar-refractivity contribution >= 4 is 11.8 Å². The summed E-state index contributed by atoms with van der Waals surface area (Å²) in [6.07, 6.45) is 2.82. The number of primary amides is 1.